The number of carbonyl (C=O) groups excluding carboxylic acids is 2. The van der Waals surface area contributed by atoms with Crippen molar-refractivity contribution in [3.8, 4) is 0 Å². The van der Waals surface area contributed by atoms with Crippen molar-refractivity contribution < 1.29 is 36.3 Å². The van der Waals surface area contributed by atoms with E-state index in [9.17, 15) is 31.5 Å². The number of hydrogen-bond acceptors (Lipinski definition) is 3. The van der Waals surface area contributed by atoms with Gasteiger partial charge in [0.15, 0.2) is 6.61 Å². The molecule has 138 valence electrons. The van der Waals surface area contributed by atoms with E-state index in [1.807, 2.05) is 0 Å². The Kier molecular flexibility index (Phi) is 5.91. The molecule has 0 radical (unpaired) electrons. The monoisotopic (exact) mass is 373 g/mol. The van der Waals surface area contributed by atoms with Crippen molar-refractivity contribution in [2.45, 2.75) is 12.7 Å². The Balaban J connectivity index is 1.88. The number of hydrogen-bond donors (Lipinski definition) is 1. The standard InChI is InChI=1S/C17H12F5NO3/c18-12-4-5-14(19)13(7-12)16(25)26-9-15(24)23-8-10-2-1-3-11(6-10)17(20,21)22/h1-7H,8-9H2,(H,23,24). The van der Waals surface area contributed by atoms with Gasteiger partial charge in [-0.15, -0.1) is 0 Å². The predicted molar refractivity (Wildman–Crippen MR) is 79.9 cm³/mol. The smallest absolute Gasteiger partial charge is 0.416 e. The molecule has 0 aromatic heterocycles. The summed E-state index contributed by atoms with van der Waals surface area (Å²) in [5, 5.41) is 2.26. The Bertz CT molecular complexity index is 820. The molecule has 0 spiro atoms. The first-order valence-corrected chi connectivity index (χ1v) is 7.22. The molecule has 2 rings (SSSR count). The van der Waals surface area contributed by atoms with Gasteiger partial charge in [0.25, 0.3) is 5.91 Å². The van der Waals surface area contributed by atoms with E-state index in [0.29, 0.717) is 6.07 Å². The summed E-state index contributed by atoms with van der Waals surface area (Å²) in [6, 6.07) is 6.50. The highest BCUT2D eigenvalue weighted by Gasteiger charge is 2.30. The van der Waals surface area contributed by atoms with Crippen molar-refractivity contribution >= 4 is 11.9 Å². The molecule has 0 unspecified atom stereocenters. The van der Waals surface area contributed by atoms with Crippen LogP contribution in [0, 0.1) is 11.6 Å². The number of esters is 1. The van der Waals surface area contributed by atoms with Crippen LogP contribution in [0.25, 0.3) is 0 Å². The molecule has 2 aromatic rings. The summed E-state index contributed by atoms with van der Waals surface area (Å²) in [7, 11) is 0. The molecule has 0 heterocycles. The van der Waals surface area contributed by atoms with Gasteiger partial charge in [0.05, 0.1) is 11.1 Å². The number of ether oxygens (including phenoxy) is 1. The lowest BCUT2D eigenvalue weighted by atomic mass is 10.1. The maximum atomic E-state index is 13.4. The van der Waals surface area contributed by atoms with Crippen molar-refractivity contribution in [3.05, 3.63) is 70.8 Å². The lowest BCUT2D eigenvalue weighted by Crippen LogP contribution is -2.28. The molecule has 9 heteroatoms. The molecule has 0 fully saturated rings. The predicted octanol–water partition coefficient (Wildman–Crippen LogP) is 3.46. The zero-order valence-corrected chi connectivity index (χ0v) is 13.1. The number of nitrogens with one attached hydrogen (secondary N) is 1. The van der Waals surface area contributed by atoms with E-state index >= 15 is 0 Å². The molecular formula is C17H12F5NO3. The number of rotatable bonds is 5. The molecule has 0 saturated carbocycles. The highest BCUT2D eigenvalue weighted by molar-refractivity contribution is 5.91. The van der Waals surface area contributed by atoms with E-state index in [0.717, 1.165) is 24.3 Å². The van der Waals surface area contributed by atoms with Gasteiger partial charge >= 0.3 is 12.1 Å². The summed E-state index contributed by atoms with van der Waals surface area (Å²) >= 11 is 0. The molecule has 1 amide bonds. The first-order chi connectivity index (χ1) is 12.2. The van der Waals surface area contributed by atoms with Crippen LogP contribution in [0.4, 0.5) is 22.0 Å². The summed E-state index contributed by atoms with van der Waals surface area (Å²) in [6.07, 6.45) is -4.51. The molecule has 0 aliphatic carbocycles. The van der Waals surface area contributed by atoms with E-state index in [2.05, 4.69) is 10.1 Å². The molecule has 0 aliphatic heterocycles. The molecule has 2 aromatic carbocycles. The number of carbonyl (C=O) groups is 2. The average molecular weight is 373 g/mol. The third-order valence-corrected chi connectivity index (χ3v) is 3.23. The van der Waals surface area contributed by atoms with Gasteiger partial charge in [-0.25, -0.2) is 13.6 Å². The molecule has 0 saturated heterocycles. The number of halogens is 5. The second-order valence-corrected chi connectivity index (χ2v) is 5.18. The third-order valence-electron chi connectivity index (χ3n) is 3.23. The Labute approximate surface area is 144 Å². The van der Waals surface area contributed by atoms with Crippen LogP contribution in [0.3, 0.4) is 0 Å². The Morgan fingerprint density at radius 3 is 2.46 bits per heavy atom. The fourth-order valence-corrected chi connectivity index (χ4v) is 1.97. The van der Waals surface area contributed by atoms with Crippen molar-refractivity contribution in [1.82, 2.24) is 5.32 Å². The van der Waals surface area contributed by atoms with E-state index < -0.39 is 47.4 Å². The maximum Gasteiger partial charge on any atom is 0.416 e. The van der Waals surface area contributed by atoms with Crippen LogP contribution in [0.15, 0.2) is 42.5 Å². The van der Waals surface area contributed by atoms with Gasteiger partial charge in [-0.1, -0.05) is 12.1 Å². The van der Waals surface area contributed by atoms with Crippen molar-refractivity contribution in [2.75, 3.05) is 6.61 Å². The lowest BCUT2D eigenvalue weighted by molar-refractivity contribution is -0.137. The van der Waals surface area contributed by atoms with Crippen LogP contribution in [-0.4, -0.2) is 18.5 Å². The minimum absolute atomic E-state index is 0.190. The van der Waals surface area contributed by atoms with E-state index in [1.165, 1.54) is 12.1 Å². The molecule has 0 atom stereocenters. The normalized spacial score (nSPS) is 11.1. The van der Waals surface area contributed by atoms with Crippen LogP contribution in [0.5, 0.6) is 0 Å². The minimum Gasteiger partial charge on any atom is -0.452 e. The lowest BCUT2D eigenvalue weighted by Gasteiger charge is -2.10. The van der Waals surface area contributed by atoms with Crippen LogP contribution >= 0.6 is 0 Å². The fourth-order valence-electron chi connectivity index (χ4n) is 1.97. The van der Waals surface area contributed by atoms with Crippen LogP contribution in [0.2, 0.25) is 0 Å². The zero-order chi connectivity index (χ0) is 19.3. The van der Waals surface area contributed by atoms with Gasteiger partial charge < -0.3 is 10.1 Å². The summed E-state index contributed by atoms with van der Waals surface area (Å²) in [6.45, 7) is -1.03. The second kappa shape index (κ2) is 7.94. The Morgan fingerprint density at radius 1 is 1.04 bits per heavy atom. The molecule has 0 bridgehead atoms. The SMILES string of the molecule is O=C(COC(=O)c1cc(F)ccc1F)NCc1cccc(C(F)(F)F)c1. The van der Waals surface area contributed by atoms with Crippen LogP contribution in [-0.2, 0) is 22.3 Å². The molecule has 26 heavy (non-hydrogen) atoms. The van der Waals surface area contributed by atoms with Crippen molar-refractivity contribution in [2.24, 2.45) is 0 Å². The Morgan fingerprint density at radius 2 is 1.77 bits per heavy atom. The summed E-state index contributed by atoms with van der Waals surface area (Å²) in [5.41, 5.74) is -1.34. The number of benzene rings is 2. The van der Waals surface area contributed by atoms with E-state index in [1.54, 1.807) is 0 Å². The van der Waals surface area contributed by atoms with Crippen LogP contribution < -0.4 is 5.32 Å². The summed E-state index contributed by atoms with van der Waals surface area (Å²) < 4.78 is 68.7. The van der Waals surface area contributed by atoms with Gasteiger partial charge in [-0.05, 0) is 35.9 Å². The largest absolute Gasteiger partial charge is 0.452 e. The van der Waals surface area contributed by atoms with Crippen molar-refractivity contribution in [1.29, 1.82) is 0 Å². The van der Waals surface area contributed by atoms with Gasteiger partial charge in [0, 0.05) is 6.54 Å². The Hall–Kier alpha value is -2.97. The van der Waals surface area contributed by atoms with Gasteiger partial charge in [0.2, 0.25) is 0 Å². The quantitative estimate of drug-likeness (QED) is 0.645. The summed E-state index contributed by atoms with van der Waals surface area (Å²) in [5.74, 6) is -3.92. The molecule has 1 N–H and O–H groups in total. The minimum atomic E-state index is -4.51. The second-order valence-electron chi connectivity index (χ2n) is 5.18. The highest BCUT2D eigenvalue weighted by atomic mass is 19.4. The zero-order valence-electron chi connectivity index (χ0n) is 13.1. The molecule has 4 nitrogen and oxygen atoms in total. The maximum absolute atomic E-state index is 13.4. The van der Waals surface area contributed by atoms with Gasteiger partial charge in [-0.3, -0.25) is 4.79 Å². The summed E-state index contributed by atoms with van der Waals surface area (Å²) in [4.78, 5) is 23.2. The fraction of sp³-hybridized carbons (Fsp3) is 0.176. The van der Waals surface area contributed by atoms with Crippen LogP contribution in [0.1, 0.15) is 21.5 Å². The topological polar surface area (TPSA) is 55.4 Å². The third kappa shape index (κ3) is 5.27. The number of amides is 1. The van der Waals surface area contributed by atoms with E-state index in [4.69, 9.17) is 0 Å². The van der Waals surface area contributed by atoms with Gasteiger partial charge in [0.1, 0.15) is 11.6 Å². The average Bonchev–Trinajstić information content (AvgIpc) is 2.59. The van der Waals surface area contributed by atoms with Gasteiger partial charge in [-0.2, -0.15) is 13.2 Å². The van der Waals surface area contributed by atoms with E-state index in [-0.39, 0.29) is 12.1 Å². The molecule has 0 aliphatic rings. The number of alkyl halides is 3. The first kappa shape index (κ1) is 19.4. The first-order valence-electron chi connectivity index (χ1n) is 7.22. The highest BCUT2D eigenvalue weighted by Crippen LogP contribution is 2.29. The van der Waals surface area contributed by atoms with Crippen molar-refractivity contribution in [3.63, 3.8) is 0 Å². The molecular weight excluding hydrogens is 361 g/mol.